The van der Waals surface area contributed by atoms with Gasteiger partial charge in [0.2, 0.25) is 0 Å². The standard InChI is InChI=1S/C22H22ClN3/c1-22(2)11-10-16-14-24-21(26-20(16)13-22)19-5-3-4-18(25-19)12-15-6-8-17(23)9-7-15/h3-9,14H,10-13H2,1-2H3. The predicted octanol–water partition coefficient (Wildman–Crippen LogP) is 5.30. The average Bonchev–Trinajstić information content (AvgIpc) is 2.62. The van der Waals surface area contributed by atoms with Gasteiger partial charge < -0.3 is 0 Å². The molecule has 1 aromatic carbocycles. The number of pyridine rings is 1. The van der Waals surface area contributed by atoms with Crippen LogP contribution in [-0.4, -0.2) is 15.0 Å². The van der Waals surface area contributed by atoms with Crippen LogP contribution in [0, 0.1) is 5.41 Å². The van der Waals surface area contributed by atoms with Crippen LogP contribution < -0.4 is 0 Å². The zero-order valence-electron chi connectivity index (χ0n) is 15.2. The first-order chi connectivity index (χ1) is 12.5. The lowest BCUT2D eigenvalue weighted by Gasteiger charge is -2.30. The number of hydrogen-bond donors (Lipinski definition) is 0. The molecule has 132 valence electrons. The number of hydrogen-bond acceptors (Lipinski definition) is 3. The van der Waals surface area contributed by atoms with Gasteiger partial charge in [0.15, 0.2) is 5.82 Å². The lowest BCUT2D eigenvalue weighted by molar-refractivity contribution is 0.310. The summed E-state index contributed by atoms with van der Waals surface area (Å²) >= 11 is 5.97. The van der Waals surface area contributed by atoms with Crippen LogP contribution in [0.15, 0.2) is 48.7 Å². The van der Waals surface area contributed by atoms with Gasteiger partial charge in [-0.05, 0) is 60.1 Å². The van der Waals surface area contributed by atoms with Gasteiger partial charge in [-0.1, -0.05) is 43.6 Å². The van der Waals surface area contributed by atoms with Gasteiger partial charge in [0, 0.05) is 29.0 Å². The number of fused-ring (bicyclic) bond motifs is 1. The van der Waals surface area contributed by atoms with E-state index >= 15 is 0 Å². The molecule has 0 N–H and O–H groups in total. The van der Waals surface area contributed by atoms with Crippen molar-refractivity contribution < 1.29 is 0 Å². The number of benzene rings is 1. The van der Waals surface area contributed by atoms with Crippen molar-refractivity contribution in [2.75, 3.05) is 0 Å². The number of rotatable bonds is 3. The number of halogens is 1. The normalized spacial score (nSPS) is 15.5. The van der Waals surface area contributed by atoms with E-state index in [2.05, 4.69) is 18.8 Å². The van der Waals surface area contributed by atoms with Crippen LogP contribution in [0.4, 0.5) is 0 Å². The van der Waals surface area contributed by atoms with Gasteiger partial charge in [-0.15, -0.1) is 0 Å². The predicted molar refractivity (Wildman–Crippen MR) is 105 cm³/mol. The zero-order valence-corrected chi connectivity index (χ0v) is 15.9. The molecule has 26 heavy (non-hydrogen) atoms. The van der Waals surface area contributed by atoms with Crippen LogP contribution in [0.25, 0.3) is 11.5 Å². The molecule has 3 nitrogen and oxygen atoms in total. The van der Waals surface area contributed by atoms with Crippen molar-refractivity contribution >= 4 is 11.6 Å². The molecular weight excluding hydrogens is 342 g/mol. The van der Waals surface area contributed by atoms with Gasteiger partial charge in [-0.2, -0.15) is 0 Å². The van der Waals surface area contributed by atoms with Crippen LogP contribution >= 0.6 is 11.6 Å². The Labute approximate surface area is 159 Å². The molecule has 1 aliphatic rings. The van der Waals surface area contributed by atoms with E-state index in [0.717, 1.165) is 41.5 Å². The Balaban J connectivity index is 1.61. The van der Waals surface area contributed by atoms with E-state index in [1.165, 1.54) is 23.2 Å². The molecule has 0 fully saturated rings. The van der Waals surface area contributed by atoms with E-state index in [-0.39, 0.29) is 0 Å². The van der Waals surface area contributed by atoms with Gasteiger partial charge in [-0.25, -0.2) is 15.0 Å². The third-order valence-corrected chi connectivity index (χ3v) is 5.26. The molecule has 2 heterocycles. The van der Waals surface area contributed by atoms with Crippen LogP contribution in [0.3, 0.4) is 0 Å². The molecule has 0 saturated carbocycles. The first-order valence-electron chi connectivity index (χ1n) is 9.04. The second-order valence-electron chi connectivity index (χ2n) is 7.82. The fraction of sp³-hybridized carbons (Fsp3) is 0.318. The molecule has 0 saturated heterocycles. The Bertz CT molecular complexity index is 932. The minimum absolute atomic E-state index is 0.308. The third-order valence-electron chi connectivity index (χ3n) is 5.01. The molecular formula is C22H22ClN3. The maximum Gasteiger partial charge on any atom is 0.178 e. The van der Waals surface area contributed by atoms with Gasteiger partial charge in [0.1, 0.15) is 5.69 Å². The van der Waals surface area contributed by atoms with Crippen molar-refractivity contribution in [1.82, 2.24) is 15.0 Å². The van der Waals surface area contributed by atoms with E-state index in [4.69, 9.17) is 21.6 Å². The molecule has 0 amide bonds. The Hall–Kier alpha value is -2.26. The minimum Gasteiger partial charge on any atom is -0.249 e. The summed E-state index contributed by atoms with van der Waals surface area (Å²) in [7, 11) is 0. The average molecular weight is 364 g/mol. The molecule has 1 aliphatic carbocycles. The Morgan fingerprint density at radius 1 is 1.04 bits per heavy atom. The molecule has 0 unspecified atom stereocenters. The van der Waals surface area contributed by atoms with Crippen molar-refractivity contribution in [3.63, 3.8) is 0 Å². The summed E-state index contributed by atoms with van der Waals surface area (Å²) in [4.78, 5) is 14.2. The monoisotopic (exact) mass is 363 g/mol. The lowest BCUT2D eigenvalue weighted by Crippen LogP contribution is -2.23. The molecule has 0 aliphatic heterocycles. The zero-order chi connectivity index (χ0) is 18.1. The van der Waals surface area contributed by atoms with Gasteiger partial charge in [0.05, 0.1) is 0 Å². The SMILES string of the molecule is CC1(C)CCc2cnc(-c3cccc(Cc4ccc(Cl)cc4)n3)nc2C1. The van der Waals surface area contributed by atoms with E-state index in [0.29, 0.717) is 5.41 Å². The van der Waals surface area contributed by atoms with Crippen LogP contribution in [0.1, 0.15) is 42.8 Å². The Morgan fingerprint density at radius 2 is 1.85 bits per heavy atom. The van der Waals surface area contributed by atoms with Crippen molar-refractivity contribution in [2.24, 2.45) is 5.41 Å². The van der Waals surface area contributed by atoms with Crippen molar-refractivity contribution in [3.05, 3.63) is 76.2 Å². The van der Waals surface area contributed by atoms with Crippen molar-refractivity contribution in [3.8, 4) is 11.5 Å². The lowest BCUT2D eigenvalue weighted by atomic mass is 9.77. The molecule has 2 aromatic heterocycles. The topological polar surface area (TPSA) is 38.7 Å². The molecule has 4 heteroatoms. The summed E-state index contributed by atoms with van der Waals surface area (Å²) in [5.41, 5.74) is 5.80. The van der Waals surface area contributed by atoms with Crippen LogP contribution in [0.5, 0.6) is 0 Å². The fourth-order valence-electron chi connectivity index (χ4n) is 3.46. The highest BCUT2D eigenvalue weighted by molar-refractivity contribution is 6.30. The third kappa shape index (κ3) is 3.78. The molecule has 0 radical (unpaired) electrons. The number of nitrogens with zero attached hydrogens (tertiary/aromatic N) is 3. The van der Waals surface area contributed by atoms with Crippen LogP contribution in [0.2, 0.25) is 5.02 Å². The highest BCUT2D eigenvalue weighted by Crippen LogP contribution is 2.34. The summed E-state index contributed by atoms with van der Waals surface area (Å²) < 4.78 is 0. The fourth-order valence-corrected chi connectivity index (χ4v) is 3.58. The molecule has 3 aromatic rings. The summed E-state index contributed by atoms with van der Waals surface area (Å²) in [5.74, 6) is 0.722. The van der Waals surface area contributed by atoms with Crippen LogP contribution in [-0.2, 0) is 19.3 Å². The second-order valence-corrected chi connectivity index (χ2v) is 8.26. The molecule has 4 rings (SSSR count). The van der Waals surface area contributed by atoms with E-state index < -0.39 is 0 Å². The van der Waals surface area contributed by atoms with Gasteiger partial charge in [-0.3, -0.25) is 0 Å². The maximum absolute atomic E-state index is 5.97. The minimum atomic E-state index is 0.308. The van der Waals surface area contributed by atoms with E-state index in [1.54, 1.807) is 0 Å². The summed E-state index contributed by atoms with van der Waals surface area (Å²) in [5, 5.41) is 0.751. The summed E-state index contributed by atoms with van der Waals surface area (Å²) in [6, 6.07) is 14.0. The number of aryl methyl sites for hydroxylation is 1. The first-order valence-corrected chi connectivity index (χ1v) is 9.42. The molecule has 0 atom stereocenters. The highest BCUT2D eigenvalue weighted by atomic mass is 35.5. The molecule has 0 bridgehead atoms. The Morgan fingerprint density at radius 3 is 2.65 bits per heavy atom. The van der Waals surface area contributed by atoms with Crippen molar-refractivity contribution in [1.29, 1.82) is 0 Å². The summed E-state index contributed by atoms with van der Waals surface area (Å²) in [6.45, 7) is 4.62. The van der Waals surface area contributed by atoms with E-state index in [9.17, 15) is 0 Å². The quantitative estimate of drug-likeness (QED) is 0.634. The maximum atomic E-state index is 5.97. The van der Waals surface area contributed by atoms with Crippen molar-refractivity contribution in [2.45, 2.75) is 39.5 Å². The smallest absolute Gasteiger partial charge is 0.178 e. The van der Waals surface area contributed by atoms with Gasteiger partial charge in [0.25, 0.3) is 0 Å². The largest absolute Gasteiger partial charge is 0.249 e. The molecule has 0 spiro atoms. The van der Waals surface area contributed by atoms with E-state index in [1.807, 2.05) is 48.7 Å². The second kappa shape index (κ2) is 6.81. The summed E-state index contributed by atoms with van der Waals surface area (Å²) in [6.07, 6.45) is 6.01. The number of aromatic nitrogens is 3. The first kappa shape index (κ1) is 17.2. The van der Waals surface area contributed by atoms with Gasteiger partial charge >= 0.3 is 0 Å². The highest BCUT2D eigenvalue weighted by Gasteiger charge is 2.26. The Kier molecular flexibility index (Phi) is 4.49.